The summed E-state index contributed by atoms with van der Waals surface area (Å²) in [5, 5.41) is 0.754. The summed E-state index contributed by atoms with van der Waals surface area (Å²) in [4.78, 5) is 0. The van der Waals surface area contributed by atoms with Crippen LogP contribution in [0, 0.1) is 0 Å². The molecule has 1 aromatic rings. The van der Waals surface area contributed by atoms with Gasteiger partial charge in [-0.05, 0) is 30.0 Å². The van der Waals surface area contributed by atoms with Gasteiger partial charge in [0.2, 0.25) is 0 Å². The Morgan fingerprint density at radius 2 is 2.19 bits per heavy atom. The standard InChI is InChI=1S/C13H16ClNO/c14-11-7-10(13(8-15)3-1-4-13)6-9-2-5-16-12(9)11/h6-7H,1-5,8,15H2. The van der Waals surface area contributed by atoms with Crippen LogP contribution < -0.4 is 10.5 Å². The number of fused-ring (bicyclic) bond motifs is 1. The van der Waals surface area contributed by atoms with Gasteiger partial charge in [-0.1, -0.05) is 24.1 Å². The largest absolute Gasteiger partial charge is 0.491 e. The van der Waals surface area contributed by atoms with Gasteiger partial charge in [0, 0.05) is 18.4 Å². The number of ether oxygens (including phenoxy) is 1. The molecular weight excluding hydrogens is 222 g/mol. The summed E-state index contributed by atoms with van der Waals surface area (Å²) in [6.45, 7) is 1.48. The van der Waals surface area contributed by atoms with Crippen molar-refractivity contribution in [3.63, 3.8) is 0 Å². The first-order valence-corrected chi connectivity index (χ1v) is 6.29. The molecule has 0 unspecified atom stereocenters. The third-order valence-corrected chi connectivity index (χ3v) is 4.33. The molecule has 1 saturated carbocycles. The molecule has 16 heavy (non-hydrogen) atoms. The molecule has 0 bridgehead atoms. The lowest BCUT2D eigenvalue weighted by Crippen LogP contribution is -2.41. The van der Waals surface area contributed by atoms with Crippen LogP contribution in [0.25, 0.3) is 0 Å². The Balaban J connectivity index is 2.05. The number of nitrogens with two attached hydrogens (primary N) is 1. The summed E-state index contributed by atoms with van der Waals surface area (Å²) in [7, 11) is 0. The zero-order valence-corrected chi connectivity index (χ0v) is 10.0. The zero-order valence-electron chi connectivity index (χ0n) is 9.26. The Morgan fingerprint density at radius 3 is 2.81 bits per heavy atom. The van der Waals surface area contributed by atoms with Crippen LogP contribution in [0.2, 0.25) is 5.02 Å². The molecule has 0 aromatic heterocycles. The summed E-state index contributed by atoms with van der Waals surface area (Å²) < 4.78 is 5.52. The minimum Gasteiger partial charge on any atom is -0.491 e. The molecule has 2 aliphatic rings. The lowest BCUT2D eigenvalue weighted by Gasteiger charge is -2.41. The monoisotopic (exact) mass is 237 g/mol. The van der Waals surface area contributed by atoms with Crippen molar-refractivity contribution in [2.24, 2.45) is 5.73 Å². The van der Waals surface area contributed by atoms with E-state index in [0.717, 1.165) is 30.3 Å². The van der Waals surface area contributed by atoms with E-state index in [1.54, 1.807) is 0 Å². The third kappa shape index (κ3) is 1.36. The normalized spacial score (nSPS) is 21.1. The first kappa shape index (κ1) is 10.4. The summed E-state index contributed by atoms with van der Waals surface area (Å²) in [5.74, 6) is 0.886. The fourth-order valence-electron chi connectivity index (χ4n) is 2.78. The Hall–Kier alpha value is -0.730. The molecule has 0 atom stereocenters. The van der Waals surface area contributed by atoms with Crippen molar-refractivity contribution < 1.29 is 4.74 Å². The Bertz CT molecular complexity index is 421. The Kier molecular flexibility index (Phi) is 2.37. The van der Waals surface area contributed by atoms with Crippen LogP contribution in [0.4, 0.5) is 0 Å². The van der Waals surface area contributed by atoms with Gasteiger partial charge in [-0.25, -0.2) is 0 Å². The molecule has 2 nitrogen and oxygen atoms in total. The summed E-state index contributed by atoms with van der Waals surface area (Å²) >= 11 is 6.25. The fourth-order valence-corrected chi connectivity index (χ4v) is 3.07. The maximum Gasteiger partial charge on any atom is 0.141 e. The van der Waals surface area contributed by atoms with Crippen LogP contribution in [-0.2, 0) is 11.8 Å². The van der Waals surface area contributed by atoms with Gasteiger partial charge in [0.25, 0.3) is 0 Å². The molecule has 0 amide bonds. The molecular formula is C13H16ClNO. The zero-order chi connectivity index (χ0) is 11.2. The molecule has 2 N–H and O–H groups in total. The first-order chi connectivity index (χ1) is 7.75. The smallest absolute Gasteiger partial charge is 0.141 e. The lowest BCUT2D eigenvalue weighted by molar-refractivity contribution is 0.253. The number of hydrogen-bond acceptors (Lipinski definition) is 2. The number of rotatable bonds is 2. The van der Waals surface area contributed by atoms with Gasteiger partial charge in [0.1, 0.15) is 5.75 Å². The van der Waals surface area contributed by atoms with Crippen molar-refractivity contribution in [2.45, 2.75) is 31.1 Å². The van der Waals surface area contributed by atoms with Gasteiger partial charge in [-0.15, -0.1) is 0 Å². The molecule has 0 spiro atoms. The number of halogens is 1. The lowest BCUT2D eigenvalue weighted by atomic mass is 9.64. The van der Waals surface area contributed by atoms with E-state index >= 15 is 0 Å². The highest BCUT2D eigenvalue weighted by molar-refractivity contribution is 6.32. The number of hydrogen-bond donors (Lipinski definition) is 1. The fraction of sp³-hybridized carbons (Fsp3) is 0.538. The van der Waals surface area contributed by atoms with E-state index in [1.165, 1.54) is 30.4 Å². The van der Waals surface area contributed by atoms with Crippen molar-refractivity contribution in [3.8, 4) is 5.75 Å². The van der Waals surface area contributed by atoms with Crippen molar-refractivity contribution in [1.82, 2.24) is 0 Å². The molecule has 0 saturated heterocycles. The molecule has 1 aliphatic heterocycles. The van der Waals surface area contributed by atoms with Crippen molar-refractivity contribution in [2.75, 3.05) is 13.2 Å². The van der Waals surface area contributed by atoms with Crippen molar-refractivity contribution >= 4 is 11.6 Å². The second kappa shape index (κ2) is 3.64. The predicted molar refractivity (Wildman–Crippen MR) is 65.2 cm³/mol. The molecule has 1 aliphatic carbocycles. The Morgan fingerprint density at radius 1 is 1.38 bits per heavy atom. The number of benzene rings is 1. The molecule has 1 fully saturated rings. The van der Waals surface area contributed by atoms with Crippen molar-refractivity contribution in [3.05, 3.63) is 28.3 Å². The Labute approximate surface area is 101 Å². The van der Waals surface area contributed by atoms with Crippen LogP contribution in [0.3, 0.4) is 0 Å². The van der Waals surface area contributed by atoms with Gasteiger partial charge in [0.05, 0.1) is 11.6 Å². The topological polar surface area (TPSA) is 35.2 Å². The van der Waals surface area contributed by atoms with Crippen LogP contribution in [0.5, 0.6) is 5.75 Å². The highest BCUT2D eigenvalue weighted by Crippen LogP contribution is 2.46. The van der Waals surface area contributed by atoms with Crippen LogP contribution in [-0.4, -0.2) is 13.2 Å². The quantitative estimate of drug-likeness (QED) is 0.858. The van der Waals surface area contributed by atoms with E-state index in [0.29, 0.717) is 0 Å². The van der Waals surface area contributed by atoms with E-state index in [4.69, 9.17) is 22.1 Å². The average molecular weight is 238 g/mol. The van der Waals surface area contributed by atoms with E-state index in [9.17, 15) is 0 Å². The maximum absolute atomic E-state index is 6.25. The summed E-state index contributed by atoms with van der Waals surface area (Å²) in [6, 6.07) is 4.30. The van der Waals surface area contributed by atoms with Crippen LogP contribution in [0.15, 0.2) is 12.1 Å². The molecule has 1 aromatic carbocycles. The highest BCUT2D eigenvalue weighted by atomic mass is 35.5. The summed E-state index contributed by atoms with van der Waals surface area (Å²) in [6.07, 6.45) is 4.64. The SMILES string of the molecule is NCC1(c2cc(Cl)c3c(c2)CCO3)CCC1. The van der Waals surface area contributed by atoms with E-state index in [-0.39, 0.29) is 5.41 Å². The maximum atomic E-state index is 6.25. The molecule has 3 rings (SSSR count). The molecule has 3 heteroatoms. The molecule has 1 heterocycles. The van der Waals surface area contributed by atoms with Gasteiger partial charge in [-0.3, -0.25) is 0 Å². The predicted octanol–water partition coefficient (Wildman–Crippen LogP) is 2.66. The minimum absolute atomic E-state index is 0.196. The van der Waals surface area contributed by atoms with Gasteiger partial charge >= 0.3 is 0 Å². The van der Waals surface area contributed by atoms with Crippen molar-refractivity contribution in [1.29, 1.82) is 0 Å². The average Bonchev–Trinajstić information content (AvgIpc) is 2.65. The minimum atomic E-state index is 0.196. The van der Waals surface area contributed by atoms with E-state index in [2.05, 4.69) is 12.1 Å². The second-order valence-corrected chi connectivity index (χ2v) is 5.29. The molecule has 0 radical (unpaired) electrons. The van der Waals surface area contributed by atoms with Gasteiger partial charge < -0.3 is 10.5 Å². The van der Waals surface area contributed by atoms with Gasteiger partial charge in [0.15, 0.2) is 0 Å². The van der Waals surface area contributed by atoms with Crippen LogP contribution in [0.1, 0.15) is 30.4 Å². The first-order valence-electron chi connectivity index (χ1n) is 5.91. The van der Waals surface area contributed by atoms with Crippen LogP contribution >= 0.6 is 11.6 Å². The van der Waals surface area contributed by atoms with Gasteiger partial charge in [-0.2, -0.15) is 0 Å². The summed E-state index contributed by atoms with van der Waals surface area (Å²) in [5.41, 5.74) is 8.68. The second-order valence-electron chi connectivity index (χ2n) is 4.88. The van der Waals surface area contributed by atoms with E-state index < -0.39 is 0 Å². The highest BCUT2D eigenvalue weighted by Gasteiger charge is 2.38. The van der Waals surface area contributed by atoms with E-state index in [1.807, 2.05) is 0 Å². The third-order valence-electron chi connectivity index (χ3n) is 4.05. The molecule has 86 valence electrons.